The minimum atomic E-state index is -0.173. The summed E-state index contributed by atoms with van der Waals surface area (Å²) in [6, 6.07) is 8.68. The van der Waals surface area contributed by atoms with Gasteiger partial charge in [-0.05, 0) is 55.7 Å². The molecule has 26 heavy (non-hydrogen) atoms. The minimum Gasteiger partial charge on any atom is -0.484 e. The van der Waals surface area contributed by atoms with Gasteiger partial charge in [-0.3, -0.25) is 9.59 Å². The van der Waals surface area contributed by atoms with Crippen LogP contribution in [-0.4, -0.2) is 42.5 Å². The Labute approximate surface area is 157 Å². The van der Waals surface area contributed by atoms with Crippen molar-refractivity contribution in [3.05, 3.63) is 52.9 Å². The molecule has 1 aromatic carbocycles. The van der Waals surface area contributed by atoms with Gasteiger partial charge in [0, 0.05) is 24.2 Å². The van der Waals surface area contributed by atoms with Crippen molar-refractivity contribution in [2.75, 3.05) is 19.7 Å². The standard InChI is InChI=1S/C19H21ClN2O4/c1-13-11-15(4-5-16(13)20)26-12-18(23)21-14-6-8-22(9-7-14)19(24)17-3-2-10-25-17/h2-5,10-11,14H,6-9,12H2,1H3,(H,21,23). The molecule has 138 valence electrons. The summed E-state index contributed by atoms with van der Waals surface area (Å²) >= 11 is 5.97. The van der Waals surface area contributed by atoms with E-state index in [1.807, 2.05) is 6.92 Å². The van der Waals surface area contributed by atoms with E-state index in [-0.39, 0.29) is 24.5 Å². The van der Waals surface area contributed by atoms with E-state index in [0.717, 1.165) is 5.56 Å². The van der Waals surface area contributed by atoms with Crippen LogP contribution in [0.3, 0.4) is 0 Å². The number of likely N-dealkylation sites (tertiary alicyclic amines) is 1. The van der Waals surface area contributed by atoms with Crippen LogP contribution in [0.1, 0.15) is 29.0 Å². The molecule has 6 nitrogen and oxygen atoms in total. The molecule has 0 aliphatic carbocycles. The van der Waals surface area contributed by atoms with Gasteiger partial charge in [-0.15, -0.1) is 0 Å². The van der Waals surface area contributed by atoms with Crippen molar-refractivity contribution in [2.24, 2.45) is 0 Å². The molecule has 0 atom stereocenters. The zero-order chi connectivity index (χ0) is 18.5. The quantitative estimate of drug-likeness (QED) is 0.870. The lowest BCUT2D eigenvalue weighted by atomic mass is 10.0. The second kappa shape index (κ2) is 8.27. The number of hydrogen-bond donors (Lipinski definition) is 1. The smallest absolute Gasteiger partial charge is 0.289 e. The van der Waals surface area contributed by atoms with E-state index in [2.05, 4.69) is 5.32 Å². The number of nitrogens with one attached hydrogen (secondary N) is 1. The molecule has 0 unspecified atom stereocenters. The van der Waals surface area contributed by atoms with Gasteiger partial charge in [0.25, 0.3) is 11.8 Å². The maximum absolute atomic E-state index is 12.2. The predicted octanol–water partition coefficient (Wildman–Crippen LogP) is 3.04. The van der Waals surface area contributed by atoms with Gasteiger partial charge in [-0.2, -0.15) is 0 Å². The molecule has 1 saturated heterocycles. The molecule has 0 bridgehead atoms. The summed E-state index contributed by atoms with van der Waals surface area (Å²) in [5.74, 6) is 0.676. The average Bonchev–Trinajstić information content (AvgIpc) is 3.17. The molecule has 0 spiro atoms. The van der Waals surface area contributed by atoms with Crippen molar-refractivity contribution in [3.8, 4) is 5.75 Å². The van der Waals surface area contributed by atoms with E-state index in [9.17, 15) is 9.59 Å². The number of benzene rings is 1. The van der Waals surface area contributed by atoms with Crippen LogP contribution >= 0.6 is 11.6 Å². The van der Waals surface area contributed by atoms with Crippen LogP contribution in [0.4, 0.5) is 0 Å². The summed E-state index contributed by atoms with van der Waals surface area (Å²) in [6.07, 6.45) is 2.90. The lowest BCUT2D eigenvalue weighted by Crippen LogP contribution is -2.47. The second-order valence-electron chi connectivity index (χ2n) is 6.31. The maximum Gasteiger partial charge on any atom is 0.289 e. The minimum absolute atomic E-state index is 0.0405. The second-order valence-corrected chi connectivity index (χ2v) is 6.72. The molecule has 1 N–H and O–H groups in total. The van der Waals surface area contributed by atoms with Crippen molar-refractivity contribution >= 4 is 23.4 Å². The summed E-state index contributed by atoms with van der Waals surface area (Å²) in [6.45, 7) is 3.00. The van der Waals surface area contributed by atoms with Gasteiger partial charge in [0.05, 0.1) is 6.26 Å². The van der Waals surface area contributed by atoms with Gasteiger partial charge in [0.2, 0.25) is 0 Å². The Bertz CT molecular complexity index is 768. The number of rotatable bonds is 5. The fourth-order valence-electron chi connectivity index (χ4n) is 2.91. The van der Waals surface area contributed by atoms with Gasteiger partial charge in [0.15, 0.2) is 12.4 Å². The highest BCUT2D eigenvalue weighted by molar-refractivity contribution is 6.31. The predicted molar refractivity (Wildman–Crippen MR) is 97.5 cm³/mol. The summed E-state index contributed by atoms with van der Waals surface area (Å²) < 4.78 is 10.6. The van der Waals surface area contributed by atoms with E-state index in [1.54, 1.807) is 35.2 Å². The third kappa shape index (κ3) is 4.58. The number of carbonyl (C=O) groups is 2. The molecule has 0 radical (unpaired) electrons. The van der Waals surface area contributed by atoms with Crippen molar-refractivity contribution in [1.82, 2.24) is 10.2 Å². The molecule has 1 aromatic heterocycles. The zero-order valence-electron chi connectivity index (χ0n) is 14.5. The van der Waals surface area contributed by atoms with Gasteiger partial charge in [-0.1, -0.05) is 11.6 Å². The molecule has 7 heteroatoms. The van der Waals surface area contributed by atoms with Gasteiger partial charge in [0.1, 0.15) is 5.75 Å². The lowest BCUT2D eigenvalue weighted by Gasteiger charge is -2.31. The summed E-state index contributed by atoms with van der Waals surface area (Å²) in [5.41, 5.74) is 0.901. The molecule has 1 aliphatic heterocycles. The molecule has 2 aromatic rings. The first-order chi connectivity index (χ1) is 12.5. The molecular weight excluding hydrogens is 356 g/mol. The van der Waals surface area contributed by atoms with E-state index in [1.165, 1.54) is 6.26 Å². The maximum atomic E-state index is 12.2. The molecular formula is C19H21ClN2O4. The third-order valence-corrected chi connectivity index (χ3v) is 4.80. The van der Waals surface area contributed by atoms with Crippen molar-refractivity contribution in [2.45, 2.75) is 25.8 Å². The normalized spacial score (nSPS) is 14.9. The number of nitrogens with zero attached hydrogens (tertiary/aromatic N) is 1. The summed E-state index contributed by atoms with van der Waals surface area (Å²) in [4.78, 5) is 26.0. The van der Waals surface area contributed by atoms with Gasteiger partial charge >= 0.3 is 0 Å². The number of aryl methyl sites for hydroxylation is 1. The van der Waals surface area contributed by atoms with E-state index in [0.29, 0.717) is 42.5 Å². The first kappa shape index (κ1) is 18.3. The lowest BCUT2D eigenvalue weighted by molar-refractivity contribution is -0.124. The molecule has 1 aliphatic rings. The van der Waals surface area contributed by atoms with Crippen molar-refractivity contribution < 1.29 is 18.7 Å². The molecule has 2 amide bonds. The van der Waals surface area contributed by atoms with Crippen LogP contribution in [0.5, 0.6) is 5.75 Å². The SMILES string of the molecule is Cc1cc(OCC(=O)NC2CCN(C(=O)c3ccco3)CC2)ccc1Cl. The topological polar surface area (TPSA) is 71.8 Å². The van der Waals surface area contributed by atoms with E-state index in [4.69, 9.17) is 20.8 Å². The first-order valence-electron chi connectivity index (χ1n) is 8.54. The van der Waals surface area contributed by atoms with Crippen LogP contribution in [0.2, 0.25) is 5.02 Å². The van der Waals surface area contributed by atoms with E-state index < -0.39 is 0 Å². The van der Waals surface area contributed by atoms with Gasteiger partial charge < -0.3 is 19.4 Å². The Kier molecular flexibility index (Phi) is 5.83. The number of halogens is 1. The number of hydrogen-bond acceptors (Lipinski definition) is 4. The van der Waals surface area contributed by atoms with Crippen LogP contribution in [0.15, 0.2) is 41.0 Å². The van der Waals surface area contributed by atoms with Gasteiger partial charge in [-0.25, -0.2) is 0 Å². The average molecular weight is 377 g/mol. The Morgan fingerprint density at radius 3 is 2.73 bits per heavy atom. The summed E-state index contributed by atoms with van der Waals surface area (Å²) in [5, 5.41) is 3.62. The monoisotopic (exact) mass is 376 g/mol. The Morgan fingerprint density at radius 2 is 2.08 bits per heavy atom. The molecule has 1 fully saturated rings. The van der Waals surface area contributed by atoms with E-state index >= 15 is 0 Å². The largest absolute Gasteiger partial charge is 0.484 e. The molecule has 2 heterocycles. The number of piperidine rings is 1. The number of amides is 2. The Hall–Kier alpha value is -2.47. The highest BCUT2D eigenvalue weighted by Gasteiger charge is 2.25. The van der Waals surface area contributed by atoms with Crippen LogP contribution in [0, 0.1) is 6.92 Å². The number of furan rings is 1. The Balaban J connectivity index is 1.42. The highest BCUT2D eigenvalue weighted by Crippen LogP contribution is 2.21. The number of carbonyl (C=O) groups excluding carboxylic acids is 2. The first-order valence-corrected chi connectivity index (χ1v) is 8.92. The van der Waals surface area contributed by atoms with Crippen LogP contribution in [0.25, 0.3) is 0 Å². The van der Waals surface area contributed by atoms with Crippen molar-refractivity contribution in [3.63, 3.8) is 0 Å². The van der Waals surface area contributed by atoms with Crippen LogP contribution < -0.4 is 10.1 Å². The summed E-state index contributed by atoms with van der Waals surface area (Å²) in [7, 11) is 0. The fourth-order valence-corrected chi connectivity index (χ4v) is 3.03. The number of ether oxygens (including phenoxy) is 1. The molecule has 0 saturated carbocycles. The van der Waals surface area contributed by atoms with Crippen LogP contribution in [-0.2, 0) is 4.79 Å². The van der Waals surface area contributed by atoms with Crippen molar-refractivity contribution in [1.29, 1.82) is 0 Å². The molecule has 3 rings (SSSR count). The third-order valence-electron chi connectivity index (χ3n) is 4.38. The zero-order valence-corrected chi connectivity index (χ0v) is 15.3. The Morgan fingerprint density at radius 1 is 1.31 bits per heavy atom. The highest BCUT2D eigenvalue weighted by atomic mass is 35.5. The fraction of sp³-hybridized carbons (Fsp3) is 0.368.